The molecule has 16 heavy (non-hydrogen) atoms. The van der Waals surface area contributed by atoms with Crippen molar-refractivity contribution in [2.75, 3.05) is 11.5 Å². The summed E-state index contributed by atoms with van der Waals surface area (Å²) in [5.41, 5.74) is 11.9. The Labute approximate surface area is 92.4 Å². The maximum atomic E-state index is 11.1. The van der Waals surface area contributed by atoms with Crippen molar-refractivity contribution < 1.29 is 13.0 Å². The zero-order valence-corrected chi connectivity index (χ0v) is 9.03. The maximum absolute atomic E-state index is 11.1. The molecular formula is C10H10N2O3S. The summed E-state index contributed by atoms with van der Waals surface area (Å²) in [5.74, 6) is 0. The summed E-state index contributed by atoms with van der Waals surface area (Å²) in [7, 11) is -4.26. The Morgan fingerprint density at radius 2 is 1.69 bits per heavy atom. The second-order valence-electron chi connectivity index (χ2n) is 3.43. The molecule has 0 aliphatic carbocycles. The van der Waals surface area contributed by atoms with Crippen molar-refractivity contribution in [3.8, 4) is 0 Å². The minimum absolute atomic E-state index is 0.170. The smallest absolute Gasteiger partial charge is 0.295 e. The molecule has 0 bridgehead atoms. The normalized spacial score (nSPS) is 11.8. The molecule has 0 radical (unpaired) electrons. The number of hydrogen-bond acceptors (Lipinski definition) is 4. The lowest BCUT2D eigenvalue weighted by molar-refractivity contribution is 0.484. The van der Waals surface area contributed by atoms with E-state index in [1.807, 2.05) is 0 Å². The largest absolute Gasteiger partial charge is 0.397 e. The van der Waals surface area contributed by atoms with Crippen molar-refractivity contribution in [3.63, 3.8) is 0 Å². The lowest BCUT2D eigenvalue weighted by atomic mass is 10.1. The van der Waals surface area contributed by atoms with Crippen LogP contribution in [0.2, 0.25) is 0 Å². The Balaban J connectivity index is 2.93. The fourth-order valence-electron chi connectivity index (χ4n) is 1.56. The van der Waals surface area contributed by atoms with Gasteiger partial charge in [-0.1, -0.05) is 12.1 Å². The third-order valence-corrected chi connectivity index (χ3v) is 3.23. The highest BCUT2D eigenvalue weighted by molar-refractivity contribution is 7.86. The predicted molar refractivity (Wildman–Crippen MR) is 62.6 cm³/mol. The summed E-state index contributed by atoms with van der Waals surface area (Å²) in [6.45, 7) is 0. The standard InChI is InChI=1S/C10H10N2O3S/c11-8-4-6-2-1-3-10(16(13,14)15)7(6)5-9(8)12/h1-5H,11-12H2,(H,13,14,15). The van der Waals surface area contributed by atoms with Crippen molar-refractivity contribution >= 4 is 32.3 Å². The minimum Gasteiger partial charge on any atom is -0.397 e. The van der Waals surface area contributed by atoms with E-state index < -0.39 is 10.1 Å². The number of nitrogen functional groups attached to an aromatic ring is 2. The summed E-state index contributed by atoms with van der Waals surface area (Å²) < 4.78 is 31.3. The second-order valence-corrected chi connectivity index (χ2v) is 4.82. The average molecular weight is 238 g/mol. The van der Waals surface area contributed by atoms with Crippen LogP contribution in [0.1, 0.15) is 0 Å². The molecule has 6 heteroatoms. The van der Waals surface area contributed by atoms with E-state index in [-0.39, 0.29) is 10.6 Å². The molecule has 0 aliphatic rings. The number of benzene rings is 2. The van der Waals surface area contributed by atoms with Gasteiger partial charge >= 0.3 is 0 Å². The first-order chi connectivity index (χ1) is 7.39. The molecule has 0 amide bonds. The van der Waals surface area contributed by atoms with Crippen molar-refractivity contribution in [2.45, 2.75) is 4.90 Å². The second kappa shape index (κ2) is 3.36. The van der Waals surface area contributed by atoms with Crippen LogP contribution in [0.3, 0.4) is 0 Å². The van der Waals surface area contributed by atoms with E-state index in [1.165, 1.54) is 18.2 Å². The Morgan fingerprint density at radius 3 is 2.31 bits per heavy atom. The highest BCUT2D eigenvalue weighted by atomic mass is 32.2. The Bertz CT molecular complexity index is 665. The van der Waals surface area contributed by atoms with E-state index in [9.17, 15) is 8.42 Å². The van der Waals surface area contributed by atoms with E-state index in [1.54, 1.807) is 12.1 Å². The minimum atomic E-state index is -4.26. The molecule has 2 aromatic rings. The molecule has 5 nitrogen and oxygen atoms in total. The third kappa shape index (κ3) is 1.68. The summed E-state index contributed by atoms with van der Waals surface area (Å²) in [5, 5.41) is 0.971. The van der Waals surface area contributed by atoms with Gasteiger partial charge in [0.25, 0.3) is 10.1 Å². The summed E-state index contributed by atoms with van der Waals surface area (Å²) in [6, 6.07) is 7.54. The van der Waals surface area contributed by atoms with Crippen LogP contribution in [0, 0.1) is 0 Å². The number of fused-ring (bicyclic) bond motifs is 1. The molecular weight excluding hydrogens is 228 g/mol. The zero-order chi connectivity index (χ0) is 11.9. The lowest BCUT2D eigenvalue weighted by Crippen LogP contribution is -2.00. The van der Waals surface area contributed by atoms with Gasteiger partial charge in [-0.2, -0.15) is 8.42 Å². The van der Waals surface area contributed by atoms with Gasteiger partial charge in [0.1, 0.15) is 4.90 Å². The van der Waals surface area contributed by atoms with Crippen LogP contribution in [-0.2, 0) is 10.1 Å². The highest BCUT2D eigenvalue weighted by Crippen LogP contribution is 2.28. The monoisotopic (exact) mass is 238 g/mol. The Hall–Kier alpha value is -1.79. The molecule has 0 saturated heterocycles. The van der Waals surface area contributed by atoms with E-state index >= 15 is 0 Å². The average Bonchev–Trinajstić information content (AvgIpc) is 2.17. The zero-order valence-electron chi connectivity index (χ0n) is 8.21. The van der Waals surface area contributed by atoms with Crippen LogP contribution in [0.15, 0.2) is 35.2 Å². The van der Waals surface area contributed by atoms with E-state index in [0.717, 1.165) is 0 Å². The van der Waals surface area contributed by atoms with Crippen molar-refractivity contribution in [3.05, 3.63) is 30.3 Å². The number of hydrogen-bond donors (Lipinski definition) is 3. The van der Waals surface area contributed by atoms with Gasteiger partial charge in [-0.25, -0.2) is 0 Å². The quantitative estimate of drug-likeness (QED) is 0.512. The molecule has 5 N–H and O–H groups in total. The highest BCUT2D eigenvalue weighted by Gasteiger charge is 2.14. The maximum Gasteiger partial charge on any atom is 0.295 e. The summed E-state index contributed by atoms with van der Waals surface area (Å²) in [4.78, 5) is -0.170. The van der Waals surface area contributed by atoms with Gasteiger partial charge in [0.2, 0.25) is 0 Å². The summed E-state index contributed by atoms with van der Waals surface area (Å²) >= 11 is 0. The summed E-state index contributed by atoms with van der Waals surface area (Å²) in [6.07, 6.45) is 0. The van der Waals surface area contributed by atoms with Crippen molar-refractivity contribution in [1.82, 2.24) is 0 Å². The Morgan fingerprint density at radius 1 is 1.06 bits per heavy atom. The fraction of sp³-hybridized carbons (Fsp3) is 0. The molecule has 0 unspecified atom stereocenters. The third-order valence-electron chi connectivity index (χ3n) is 2.32. The van der Waals surface area contributed by atoms with Gasteiger partial charge in [0.15, 0.2) is 0 Å². The fourth-order valence-corrected chi connectivity index (χ4v) is 2.26. The van der Waals surface area contributed by atoms with Crippen LogP contribution in [0.5, 0.6) is 0 Å². The van der Waals surface area contributed by atoms with Gasteiger partial charge in [0, 0.05) is 5.39 Å². The number of rotatable bonds is 1. The van der Waals surface area contributed by atoms with Crippen LogP contribution < -0.4 is 11.5 Å². The van der Waals surface area contributed by atoms with Crippen molar-refractivity contribution in [2.24, 2.45) is 0 Å². The first-order valence-corrected chi connectivity index (χ1v) is 5.89. The van der Waals surface area contributed by atoms with Crippen LogP contribution in [0.25, 0.3) is 10.8 Å². The van der Waals surface area contributed by atoms with E-state index in [2.05, 4.69) is 0 Å². The predicted octanol–water partition coefficient (Wildman–Crippen LogP) is 1.25. The molecule has 0 aromatic heterocycles. The van der Waals surface area contributed by atoms with Gasteiger partial charge in [-0.15, -0.1) is 0 Å². The molecule has 0 saturated carbocycles. The van der Waals surface area contributed by atoms with Gasteiger partial charge in [0.05, 0.1) is 11.4 Å². The molecule has 0 aliphatic heterocycles. The van der Waals surface area contributed by atoms with E-state index in [0.29, 0.717) is 16.5 Å². The van der Waals surface area contributed by atoms with Gasteiger partial charge in [-0.05, 0) is 23.6 Å². The lowest BCUT2D eigenvalue weighted by Gasteiger charge is -2.06. The van der Waals surface area contributed by atoms with Crippen LogP contribution in [-0.4, -0.2) is 13.0 Å². The number of nitrogens with two attached hydrogens (primary N) is 2. The molecule has 0 heterocycles. The molecule has 0 atom stereocenters. The number of anilines is 2. The van der Waals surface area contributed by atoms with Crippen LogP contribution in [0.4, 0.5) is 11.4 Å². The molecule has 2 aromatic carbocycles. The molecule has 84 valence electrons. The molecule has 0 spiro atoms. The van der Waals surface area contributed by atoms with Gasteiger partial charge < -0.3 is 11.5 Å². The topological polar surface area (TPSA) is 106 Å². The Kier molecular flexibility index (Phi) is 2.25. The van der Waals surface area contributed by atoms with Gasteiger partial charge in [-0.3, -0.25) is 4.55 Å². The van der Waals surface area contributed by atoms with Crippen LogP contribution >= 0.6 is 0 Å². The molecule has 0 fully saturated rings. The van der Waals surface area contributed by atoms with E-state index in [4.69, 9.17) is 16.0 Å². The SMILES string of the molecule is Nc1cc2cccc(S(=O)(=O)O)c2cc1N. The molecule has 2 rings (SSSR count). The first-order valence-electron chi connectivity index (χ1n) is 4.45. The first kappa shape index (κ1) is 10.7. The van der Waals surface area contributed by atoms with Crippen molar-refractivity contribution in [1.29, 1.82) is 0 Å².